The highest BCUT2D eigenvalue weighted by Crippen LogP contribution is 2.49. The van der Waals surface area contributed by atoms with Gasteiger partial charge in [0.25, 0.3) is 20.2 Å². The molecular weight excluding hydrogens is 1380 g/mol. The zero-order valence-electron chi connectivity index (χ0n) is 54.5. The van der Waals surface area contributed by atoms with Gasteiger partial charge >= 0.3 is 23.9 Å². The molecule has 7 saturated carbocycles. The molecule has 9 fully saturated rings. The van der Waals surface area contributed by atoms with Crippen molar-refractivity contribution in [1.82, 2.24) is 63.8 Å². The number of rotatable bonds is 32. The average molecular weight is 1480 g/mol. The van der Waals surface area contributed by atoms with E-state index < -0.39 is 199 Å². The lowest BCUT2D eigenvalue weighted by molar-refractivity contribution is -0.432. The normalized spacial score (nSPS) is 41.3. The second kappa shape index (κ2) is 36.5. The topological polar surface area (TPSA) is 570 Å². The Balaban J connectivity index is 0.866. The molecule has 9 aliphatic rings. The Morgan fingerprint density at radius 1 is 0.459 bits per heavy atom. The summed E-state index contributed by atoms with van der Waals surface area (Å²) < 4.78 is 82.9. The zero-order chi connectivity index (χ0) is 70.6. The number of nitrogens with zero attached hydrogens (tertiary/aromatic N) is 4. The van der Waals surface area contributed by atoms with Gasteiger partial charge in [-0.05, 0) is 141 Å². The monoisotopic (exact) mass is 1480 g/mol. The highest BCUT2D eigenvalue weighted by Gasteiger charge is 2.56. The van der Waals surface area contributed by atoms with Crippen LogP contribution in [0, 0.1) is 47.3 Å². The third-order valence-electron chi connectivity index (χ3n) is 21.3. The van der Waals surface area contributed by atoms with Crippen LogP contribution in [0.25, 0.3) is 0 Å². The van der Waals surface area contributed by atoms with Crippen molar-refractivity contribution < 1.29 is 105 Å². The van der Waals surface area contributed by atoms with Crippen LogP contribution in [0.1, 0.15) is 142 Å². The first-order valence-corrected chi connectivity index (χ1v) is 38.7. The molecule has 0 spiro atoms. The van der Waals surface area contributed by atoms with Gasteiger partial charge in [0.15, 0.2) is 0 Å². The van der Waals surface area contributed by atoms with Gasteiger partial charge in [-0.1, -0.05) is 36.8 Å². The first-order chi connectivity index (χ1) is 46.7. The average Bonchev–Trinajstić information content (AvgIpc) is 0.762. The van der Waals surface area contributed by atoms with E-state index in [-0.39, 0.29) is 89.1 Å². The molecule has 2 heterocycles. The smallest absolute Gasteiger partial charge is 0.306 e. The zero-order valence-corrected chi connectivity index (χ0v) is 57.8. The summed E-state index contributed by atoms with van der Waals surface area (Å²) in [4.78, 5) is 48.2. The minimum atomic E-state index is -4.62. The predicted molar refractivity (Wildman–Crippen MR) is 347 cm³/mol. The molecule has 42 heteroatoms. The molecule has 7 aliphatic carbocycles. The van der Waals surface area contributed by atoms with Gasteiger partial charge in [0.1, 0.15) is 49.8 Å². The summed E-state index contributed by atoms with van der Waals surface area (Å²) >= 11 is 1.25. The quantitative estimate of drug-likeness (QED) is 0.0105. The largest absolute Gasteiger partial charge is 0.481 e. The van der Waals surface area contributed by atoms with Crippen LogP contribution >= 0.6 is 24.1 Å². The third-order valence-corrected chi connectivity index (χ3v) is 25.4. The summed E-state index contributed by atoms with van der Waals surface area (Å²) in [5.41, 5.74) is 0. The Morgan fingerprint density at radius 3 is 1.09 bits per heavy atom. The number of hydrogen-bond acceptors (Lipinski definition) is 34. The number of carboxylic acid groups (broad SMARTS) is 4. The molecule has 0 radical (unpaired) electrons. The minimum Gasteiger partial charge on any atom is -0.481 e. The maximum atomic E-state index is 13.0. The van der Waals surface area contributed by atoms with E-state index >= 15 is 0 Å². The first kappa shape index (κ1) is 78.9. The molecular formula is C56H100N16O22S4. The Kier molecular flexibility index (Phi) is 29.4. The van der Waals surface area contributed by atoms with Crippen LogP contribution in [-0.2, 0) is 58.2 Å². The molecule has 0 aromatic rings. The van der Waals surface area contributed by atoms with Crippen LogP contribution in [0.2, 0.25) is 0 Å². The van der Waals surface area contributed by atoms with Gasteiger partial charge in [0, 0.05) is 60.1 Å². The van der Waals surface area contributed by atoms with Gasteiger partial charge in [-0.2, -0.15) is 37.3 Å². The van der Waals surface area contributed by atoms with E-state index in [9.17, 15) is 86.3 Å². The molecule has 22 N–H and O–H groups in total. The van der Waals surface area contributed by atoms with E-state index in [1.165, 1.54) is 0 Å². The van der Waals surface area contributed by atoms with Gasteiger partial charge in [-0.3, -0.25) is 92.1 Å². The van der Waals surface area contributed by atoms with Crippen LogP contribution < -0.4 is 63.8 Å². The van der Waals surface area contributed by atoms with Crippen molar-refractivity contribution >= 4 is 68.2 Å². The van der Waals surface area contributed by atoms with E-state index in [1.54, 1.807) is 0 Å². The maximum Gasteiger partial charge on any atom is 0.306 e. The van der Waals surface area contributed by atoms with Crippen molar-refractivity contribution in [3.05, 3.63) is 0 Å². The Morgan fingerprint density at radius 2 is 0.786 bits per heavy atom. The van der Waals surface area contributed by atoms with Crippen LogP contribution in [0.3, 0.4) is 0 Å². The molecule has 0 amide bonds. The summed E-state index contributed by atoms with van der Waals surface area (Å²) in [6.07, 6.45) is -0.0662. The summed E-state index contributed by atoms with van der Waals surface area (Å²) in [6.45, 7) is 5.38. The number of carbonyl (C=O) groups is 4. The van der Waals surface area contributed by atoms with Gasteiger partial charge in [-0.15, -0.1) is 8.67 Å². The van der Waals surface area contributed by atoms with Gasteiger partial charge in [0.2, 0.25) is 0 Å². The fraction of sp³-hybridized carbons (Fsp3) is 0.929. The number of unbranched alkanes of at least 4 members (excludes halogenated alkanes) is 2. The molecule has 24 atom stereocenters. The number of hydrogen-bond donors (Lipinski definition) is 22. The van der Waals surface area contributed by atoms with Crippen molar-refractivity contribution in [1.29, 1.82) is 0 Å². The number of aliphatic hydroxyl groups excluding tert-OH is 2. The van der Waals surface area contributed by atoms with E-state index in [0.29, 0.717) is 62.9 Å². The Bertz CT molecular complexity index is 2680. The molecule has 2 saturated heterocycles. The lowest BCUT2D eigenvalue weighted by Gasteiger charge is -2.51. The van der Waals surface area contributed by atoms with E-state index in [2.05, 4.69) is 108 Å². The second-order valence-electron chi connectivity index (χ2n) is 27.8. The van der Waals surface area contributed by atoms with Crippen LogP contribution in [0.4, 0.5) is 0 Å². The molecule has 98 heavy (non-hydrogen) atoms. The van der Waals surface area contributed by atoms with Crippen molar-refractivity contribution in [2.75, 3.05) is 13.1 Å². The first-order valence-electron chi connectivity index (χ1n) is 34.1. The lowest BCUT2D eigenvalue weighted by Crippen LogP contribution is -2.79. The number of carboxylic acids is 4. The lowest BCUT2D eigenvalue weighted by atomic mass is 9.65. The summed E-state index contributed by atoms with van der Waals surface area (Å²) in [7, 11) is -9.23. The highest BCUT2D eigenvalue weighted by molar-refractivity contribution is 7.95. The van der Waals surface area contributed by atoms with Gasteiger partial charge < -0.3 is 30.6 Å². The molecule has 0 bridgehead atoms. The van der Waals surface area contributed by atoms with E-state index in [4.69, 9.17) is 8.67 Å². The number of aliphatic hydroxyl groups is 2. The Hall–Kier alpha value is -3.20. The minimum absolute atomic E-state index is 0.0154. The molecule has 0 aromatic carbocycles. The van der Waals surface area contributed by atoms with Crippen molar-refractivity contribution in [2.24, 2.45) is 67.8 Å². The van der Waals surface area contributed by atoms with Crippen LogP contribution in [0.15, 0.2) is 20.5 Å². The van der Waals surface area contributed by atoms with Crippen molar-refractivity contribution in [2.45, 2.75) is 262 Å². The predicted octanol–water partition coefficient (Wildman–Crippen LogP) is -0.0408. The number of azo groups is 2. The fourth-order valence-corrected chi connectivity index (χ4v) is 20.0. The number of aliphatic carboxylic acids is 4. The highest BCUT2D eigenvalue weighted by atomic mass is 32.2. The summed E-state index contributed by atoms with van der Waals surface area (Å²) in [5.74, 6) is -11.2. The fourth-order valence-electron chi connectivity index (χ4n) is 16.5. The standard InChI is InChI=1S/C56H100N16O22S4/c1-3-5-11-57-51-63-53(67-55(65-51)61-37-23-35(97(85,86)87)19-25-21-39(95-93-91-83)43(45(73)41(25)37)71-69-33-15-27(47(75)76)13-28(16-33)48(77)78)59-31-7-9-32(10-8-31)60-54-64-52(58-12-6-4-2)66-56(68-54)62-38-24-36(98(88,89)90)20-26-22-40(96-94-92-84)44(46(74)42(26)38)72-70-34-17-29(49(79)80)14-30(18-34)50(81)82/h25-46,51-68,73-74,83-84H,3-24H2,1-2H3,(H,75,76)(H,77,78)(H,79,80)(H,81,82)(H,85,86,87)(H,88,89,90). The number of nitrogens with one attached hydrogen (secondary N) is 12. The summed E-state index contributed by atoms with van der Waals surface area (Å²) in [6, 6.07) is -5.44. The van der Waals surface area contributed by atoms with E-state index in [0.717, 1.165) is 25.7 Å². The molecule has 2 aliphatic heterocycles. The van der Waals surface area contributed by atoms with E-state index in [1.807, 2.05) is 0 Å². The molecule has 0 aromatic heterocycles. The van der Waals surface area contributed by atoms with Gasteiger partial charge in [-0.25, -0.2) is 10.5 Å². The van der Waals surface area contributed by atoms with Crippen LogP contribution in [-0.4, -0.2) is 223 Å². The molecule has 24 unspecified atom stereocenters. The second-order valence-corrected chi connectivity index (χ2v) is 33.1. The number of fused-ring (bicyclic) bond motifs is 2. The molecule has 38 nitrogen and oxygen atoms in total. The van der Waals surface area contributed by atoms with Crippen LogP contribution in [0.5, 0.6) is 0 Å². The third kappa shape index (κ3) is 21.5. The van der Waals surface area contributed by atoms with Crippen molar-refractivity contribution in [3.63, 3.8) is 0 Å². The van der Waals surface area contributed by atoms with Crippen molar-refractivity contribution in [3.8, 4) is 0 Å². The maximum absolute atomic E-state index is 13.0. The summed E-state index contributed by atoms with van der Waals surface area (Å²) in [5, 5.41) is 147. The Labute approximate surface area is 576 Å². The van der Waals surface area contributed by atoms with Gasteiger partial charge in [0.05, 0.1) is 69.0 Å². The molecule has 560 valence electrons. The molecule has 9 rings (SSSR count). The SMILES string of the molecule is CCCCNC1NC(NC2CCC(NC3NC(NCCCC)NC(NC4CC(S(=O)(=O)O)CC5CC(SOOO)C(N=NC6CC(C(=O)O)CC(C(=O)O)C6)C(O)C54)N3)CC2)NC(NC2CC(S(=O)(=O)O)CC3CC(SOOO)C(N=NC4CC(C(=O)O)CC(C(=O)O)C4)C(O)C32)N1.